The second-order valence-corrected chi connectivity index (χ2v) is 7.17. The quantitative estimate of drug-likeness (QED) is 0.903. The second kappa shape index (κ2) is 6.60. The number of carbonyl (C=O) groups excluding carboxylic acids is 1. The van der Waals surface area contributed by atoms with E-state index in [1.54, 1.807) is 20.8 Å². The van der Waals surface area contributed by atoms with Crippen LogP contribution >= 0.6 is 0 Å². The van der Waals surface area contributed by atoms with E-state index in [0.717, 1.165) is 10.5 Å². The molecule has 1 aliphatic carbocycles. The largest absolute Gasteiger partial charge is 0.480 e. The Morgan fingerprint density at radius 1 is 1.26 bits per heavy atom. The van der Waals surface area contributed by atoms with Crippen LogP contribution in [0, 0.1) is 0 Å². The van der Waals surface area contributed by atoms with Gasteiger partial charge in [0.2, 0.25) is 0 Å². The Hall–Kier alpha value is -2.04. The van der Waals surface area contributed by atoms with Crippen LogP contribution in [0.4, 0.5) is 4.79 Å². The molecule has 1 N–H and O–H groups in total. The molecule has 5 heteroatoms. The maximum atomic E-state index is 12.1. The third kappa shape index (κ3) is 4.98. The first kappa shape index (κ1) is 17.3. The monoisotopic (exact) mass is 319 g/mol. The molecule has 1 aromatic rings. The number of aliphatic carboxylic acids is 1. The first-order chi connectivity index (χ1) is 10.7. The minimum atomic E-state index is -1.04. The van der Waals surface area contributed by atoms with Crippen LogP contribution in [0.2, 0.25) is 0 Å². The fourth-order valence-electron chi connectivity index (χ4n) is 2.42. The van der Waals surface area contributed by atoms with Gasteiger partial charge in [0, 0.05) is 13.5 Å². The first-order valence-corrected chi connectivity index (χ1v) is 7.95. The van der Waals surface area contributed by atoms with Crippen molar-refractivity contribution in [2.45, 2.75) is 57.6 Å². The zero-order chi connectivity index (χ0) is 17.2. The molecule has 1 aromatic carbocycles. The van der Waals surface area contributed by atoms with Crippen molar-refractivity contribution in [3.05, 3.63) is 35.4 Å². The molecule has 1 aliphatic rings. The SMILES string of the molecule is CN(C(=O)OC(C)(C)C)[C@H](Cc1ccc(C2CC2)cc1)C(=O)O. The van der Waals surface area contributed by atoms with Crippen LogP contribution in [0.1, 0.15) is 50.7 Å². The van der Waals surface area contributed by atoms with Crippen molar-refractivity contribution in [2.75, 3.05) is 7.05 Å². The van der Waals surface area contributed by atoms with Crippen molar-refractivity contribution >= 4 is 12.1 Å². The van der Waals surface area contributed by atoms with Gasteiger partial charge in [-0.25, -0.2) is 9.59 Å². The van der Waals surface area contributed by atoms with Crippen LogP contribution in [0.25, 0.3) is 0 Å². The highest BCUT2D eigenvalue weighted by Crippen LogP contribution is 2.39. The van der Waals surface area contributed by atoms with Gasteiger partial charge < -0.3 is 9.84 Å². The summed E-state index contributed by atoms with van der Waals surface area (Å²) < 4.78 is 5.25. The van der Waals surface area contributed by atoms with Gasteiger partial charge in [0.1, 0.15) is 11.6 Å². The molecule has 1 amide bonds. The molecule has 1 saturated carbocycles. The molecule has 1 fully saturated rings. The summed E-state index contributed by atoms with van der Waals surface area (Å²) in [6, 6.07) is 7.06. The van der Waals surface area contributed by atoms with Gasteiger partial charge >= 0.3 is 12.1 Å². The van der Waals surface area contributed by atoms with Crippen molar-refractivity contribution in [1.29, 1.82) is 0 Å². The molecule has 0 saturated heterocycles. The molecule has 0 radical (unpaired) electrons. The molecular formula is C18H25NO4. The van der Waals surface area contributed by atoms with Crippen LogP contribution in [-0.4, -0.2) is 40.8 Å². The van der Waals surface area contributed by atoms with Crippen LogP contribution in [0.3, 0.4) is 0 Å². The Morgan fingerprint density at radius 3 is 2.26 bits per heavy atom. The zero-order valence-electron chi connectivity index (χ0n) is 14.2. The Labute approximate surface area is 137 Å². The summed E-state index contributed by atoms with van der Waals surface area (Å²) >= 11 is 0. The number of carbonyl (C=O) groups is 2. The van der Waals surface area contributed by atoms with Crippen LogP contribution in [0.5, 0.6) is 0 Å². The molecular weight excluding hydrogens is 294 g/mol. The van der Waals surface area contributed by atoms with Crippen molar-refractivity contribution < 1.29 is 19.4 Å². The van der Waals surface area contributed by atoms with Crippen molar-refractivity contribution in [3.63, 3.8) is 0 Å². The Balaban J connectivity index is 2.05. The van der Waals surface area contributed by atoms with Gasteiger partial charge in [0.25, 0.3) is 0 Å². The lowest BCUT2D eigenvalue weighted by Gasteiger charge is -2.28. The maximum absolute atomic E-state index is 12.1. The van der Waals surface area contributed by atoms with E-state index in [-0.39, 0.29) is 6.42 Å². The van der Waals surface area contributed by atoms with E-state index >= 15 is 0 Å². The van der Waals surface area contributed by atoms with E-state index in [9.17, 15) is 14.7 Å². The molecule has 0 unspecified atom stereocenters. The lowest BCUT2D eigenvalue weighted by molar-refractivity contribution is -0.142. The van der Waals surface area contributed by atoms with Gasteiger partial charge in [-0.1, -0.05) is 24.3 Å². The third-order valence-corrected chi connectivity index (χ3v) is 3.89. The fourth-order valence-corrected chi connectivity index (χ4v) is 2.42. The van der Waals surface area contributed by atoms with E-state index < -0.39 is 23.7 Å². The van der Waals surface area contributed by atoms with Gasteiger partial charge in [-0.3, -0.25) is 4.90 Å². The van der Waals surface area contributed by atoms with E-state index in [0.29, 0.717) is 5.92 Å². The Bertz CT molecular complexity index is 570. The predicted octanol–water partition coefficient (Wildman–Crippen LogP) is 3.43. The lowest BCUT2D eigenvalue weighted by atomic mass is 10.0. The van der Waals surface area contributed by atoms with Gasteiger partial charge in [-0.05, 0) is 50.7 Å². The number of carboxylic acids is 1. The van der Waals surface area contributed by atoms with E-state index in [2.05, 4.69) is 12.1 Å². The average Bonchev–Trinajstić information content (AvgIpc) is 3.27. The predicted molar refractivity (Wildman–Crippen MR) is 87.5 cm³/mol. The third-order valence-electron chi connectivity index (χ3n) is 3.89. The minimum Gasteiger partial charge on any atom is -0.480 e. The van der Waals surface area contributed by atoms with Crippen LogP contribution < -0.4 is 0 Å². The molecule has 1 atom stereocenters. The maximum Gasteiger partial charge on any atom is 0.410 e. The second-order valence-electron chi connectivity index (χ2n) is 7.17. The Morgan fingerprint density at radius 2 is 1.83 bits per heavy atom. The number of ether oxygens (including phenoxy) is 1. The summed E-state index contributed by atoms with van der Waals surface area (Å²) in [6.45, 7) is 5.27. The summed E-state index contributed by atoms with van der Waals surface area (Å²) in [5, 5.41) is 9.46. The number of nitrogens with zero attached hydrogens (tertiary/aromatic N) is 1. The highest BCUT2D eigenvalue weighted by Gasteiger charge is 2.30. The number of benzene rings is 1. The van der Waals surface area contributed by atoms with Gasteiger partial charge in [0.15, 0.2) is 0 Å². The van der Waals surface area contributed by atoms with E-state index in [1.807, 2.05) is 12.1 Å². The Kier molecular flexibility index (Phi) is 4.97. The molecule has 0 aromatic heterocycles. The molecule has 126 valence electrons. The summed E-state index contributed by atoms with van der Waals surface area (Å²) in [5.41, 5.74) is 1.55. The lowest BCUT2D eigenvalue weighted by Crippen LogP contribution is -2.46. The summed E-state index contributed by atoms with van der Waals surface area (Å²) in [5.74, 6) is -0.367. The van der Waals surface area contributed by atoms with E-state index in [1.165, 1.54) is 25.5 Å². The number of rotatable bonds is 5. The number of amides is 1. The molecule has 0 aliphatic heterocycles. The van der Waals surface area contributed by atoms with Gasteiger partial charge in [-0.15, -0.1) is 0 Å². The summed E-state index contributed by atoms with van der Waals surface area (Å²) in [4.78, 5) is 24.8. The average molecular weight is 319 g/mol. The van der Waals surface area contributed by atoms with Gasteiger partial charge in [-0.2, -0.15) is 0 Å². The topological polar surface area (TPSA) is 66.8 Å². The zero-order valence-corrected chi connectivity index (χ0v) is 14.2. The standard InChI is InChI=1S/C18H25NO4/c1-18(2,3)23-17(22)19(4)15(16(20)21)11-12-5-7-13(8-6-12)14-9-10-14/h5-8,14-15H,9-11H2,1-4H3,(H,20,21)/t15-/m1/s1. The van der Waals surface area contributed by atoms with Crippen molar-refractivity contribution in [1.82, 2.24) is 4.90 Å². The molecule has 23 heavy (non-hydrogen) atoms. The molecule has 0 heterocycles. The minimum absolute atomic E-state index is 0.260. The fraction of sp³-hybridized carbons (Fsp3) is 0.556. The summed E-state index contributed by atoms with van der Waals surface area (Å²) in [6.07, 6.45) is 2.10. The molecule has 5 nitrogen and oxygen atoms in total. The van der Waals surface area contributed by atoms with Crippen molar-refractivity contribution in [2.24, 2.45) is 0 Å². The number of carboxylic acid groups (broad SMARTS) is 1. The normalized spacial score (nSPS) is 15.8. The summed E-state index contributed by atoms with van der Waals surface area (Å²) in [7, 11) is 1.46. The number of hydrogen-bond donors (Lipinski definition) is 1. The van der Waals surface area contributed by atoms with E-state index in [4.69, 9.17) is 4.74 Å². The molecule has 2 rings (SSSR count). The van der Waals surface area contributed by atoms with Crippen LogP contribution in [0.15, 0.2) is 24.3 Å². The van der Waals surface area contributed by atoms with Crippen LogP contribution in [-0.2, 0) is 16.0 Å². The number of hydrogen-bond acceptors (Lipinski definition) is 3. The smallest absolute Gasteiger partial charge is 0.410 e. The highest BCUT2D eigenvalue weighted by molar-refractivity contribution is 5.80. The van der Waals surface area contributed by atoms with Gasteiger partial charge in [0.05, 0.1) is 0 Å². The highest BCUT2D eigenvalue weighted by atomic mass is 16.6. The molecule has 0 bridgehead atoms. The first-order valence-electron chi connectivity index (χ1n) is 7.95. The van der Waals surface area contributed by atoms with Crippen molar-refractivity contribution in [3.8, 4) is 0 Å². The molecule has 0 spiro atoms. The number of likely N-dealkylation sites (N-methyl/N-ethyl adjacent to an activating group) is 1.